The third kappa shape index (κ3) is 3.78. The van der Waals surface area contributed by atoms with Crippen LogP contribution >= 0.6 is 11.3 Å². The number of unbranched alkanes of at least 4 members (excludes halogenated alkanes) is 1. The second kappa shape index (κ2) is 6.98. The van der Waals surface area contributed by atoms with E-state index in [9.17, 15) is 0 Å². The Hall–Kier alpha value is -0.380. The van der Waals surface area contributed by atoms with E-state index < -0.39 is 0 Å². The molecule has 0 fully saturated rings. The van der Waals surface area contributed by atoms with Crippen molar-refractivity contribution in [3.05, 3.63) is 22.4 Å². The van der Waals surface area contributed by atoms with Crippen LogP contribution in [0.3, 0.4) is 0 Å². The molecule has 3 heteroatoms. The van der Waals surface area contributed by atoms with Crippen LogP contribution in [0.4, 0.5) is 0 Å². The van der Waals surface area contributed by atoms with Crippen LogP contribution in [0, 0.1) is 0 Å². The Balaban J connectivity index is 2.26. The lowest BCUT2D eigenvalue weighted by molar-refractivity contribution is 0.511. The van der Waals surface area contributed by atoms with Crippen molar-refractivity contribution < 1.29 is 0 Å². The Morgan fingerprint density at radius 1 is 1.50 bits per heavy atom. The van der Waals surface area contributed by atoms with Crippen LogP contribution < -0.4 is 11.1 Å². The lowest BCUT2D eigenvalue weighted by Gasteiger charge is -2.14. The molecular weight excluding hydrogens is 192 g/mol. The van der Waals surface area contributed by atoms with E-state index in [1.54, 1.807) is 0 Å². The fourth-order valence-electron chi connectivity index (χ4n) is 1.48. The molecule has 0 aromatic carbocycles. The first-order valence-electron chi connectivity index (χ1n) is 5.35. The third-order valence-corrected chi connectivity index (χ3v) is 3.30. The normalized spacial score (nSPS) is 13.0. The summed E-state index contributed by atoms with van der Waals surface area (Å²) in [5.74, 6) is 0. The first-order valence-corrected chi connectivity index (χ1v) is 6.23. The molecule has 0 aliphatic rings. The quantitative estimate of drug-likeness (QED) is 0.682. The van der Waals surface area contributed by atoms with Gasteiger partial charge in [0.2, 0.25) is 0 Å². The predicted octanol–water partition coefficient (Wildman–Crippen LogP) is 2.53. The molecule has 14 heavy (non-hydrogen) atoms. The summed E-state index contributed by atoms with van der Waals surface area (Å²) in [5.41, 5.74) is 5.45. The molecule has 0 aliphatic carbocycles. The van der Waals surface area contributed by atoms with Gasteiger partial charge in [0, 0.05) is 10.9 Å². The van der Waals surface area contributed by atoms with E-state index in [1.807, 2.05) is 11.3 Å². The molecule has 0 spiro atoms. The molecule has 3 N–H and O–H groups in total. The number of hydrogen-bond donors (Lipinski definition) is 2. The van der Waals surface area contributed by atoms with Crippen molar-refractivity contribution in [1.82, 2.24) is 5.32 Å². The SMILES string of the molecule is CCC(NCCCCN)c1cccs1. The average molecular weight is 212 g/mol. The highest BCUT2D eigenvalue weighted by Gasteiger charge is 2.07. The van der Waals surface area contributed by atoms with Gasteiger partial charge in [-0.25, -0.2) is 0 Å². The minimum Gasteiger partial charge on any atom is -0.330 e. The Kier molecular flexibility index (Phi) is 5.83. The molecule has 0 radical (unpaired) electrons. The van der Waals surface area contributed by atoms with E-state index in [0.29, 0.717) is 6.04 Å². The maximum Gasteiger partial charge on any atom is 0.0412 e. The topological polar surface area (TPSA) is 38.0 Å². The Labute approximate surface area is 90.5 Å². The minimum absolute atomic E-state index is 0.535. The highest BCUT2D eigenvalue weighted by molar-refractivity contribution is 7.10. The van der Waals surface area contributed by atoms with Crippen molar-refractivity contribution in [2.45, 2.75) is 32.2 Å². The van der Waals surface area contributed by atoms with Crippen LogP contribution in [-0.4, -0.2) is 13.1 Å². The van der Waals surface area contributed by atoms with Gasteiger partial charge in [-0.2, -0.15) is 0 Å². The van der Waals surface area contributed by atoms with E-state index in [2.05, 4.69) is 29.8 Å². The maximum atomic E-state index is 5.45. The summed E-state index contributed by atoms with van der Waals surface area (Å²) in [6.07, 6.45) is 3.45. The largest absolute Gasteiger partial charge is 0.330 e. The fraction of sp³-hybridized carbons (Fsp3) is 0.636. The number of hydrogen-bond acceptors (Lipinski definition) is 3. The van der Waals surface area contributed by atoms with E-state index in [0.717, 1.165) is 25.9 Å². The van der Waals surface area contributed by atoms with Crippen LogP contribution in [0.25, 0.3) is 0 Å². The number of rotatable bonds is 7. The van der Waals surface area contributed by atoms with Crippen molar-refractivity contribution >= 4 is 11.3 Å². The van der Waals surface area contributed by atoms with E-state index in [1.165, 1.54) is 11.3 Å². The van der Waals surface area contributed by atoms with E-state index in [4.69, 9.17) is 5.73 Å². The summed E-state index contributed by atoms with van der Waals surface area (Å²) in [6.45, 7) is 4.10. The highest BCUT2D eigenvalue weighted by atomic mass is 32.1. The van der Waals surface area contributed by atoms with Crippen molar-refractivity contribution in [3.8, 4) is 0 Å². The smallest absolute Gasteiger partial charge is 0.0412 e. The average Bonchev–Trinajstić information content (AvgIpc) is 2.71. The second-order valence-electron chi connectivity index (χ2n) is 3.43. The zero-order chi connectivity index (χ0) is 10.2. The molecule has 1 aromatic rings. The molecule has 0 amide bonds. The van der Waals surface area contributed by atoms with Gasteiger partial charge in [-0.05, 0) is 43.8 Å². The number of nitrogens with two attached hydrogens (primary N) is 1. The first-order chi connectivity index (χ1) is 6.88. The van der Waals surface area contributed by atoms with Gasteiger partial charge in [0.25, 0.3) is 0 Å². The Morgan fingerprint density at radius 3 is 2.93 bits per heavy atom. The molecule has 1 heterocycles. The van der Waals surface area contributed by atoms with Gasteiger partial charge < -0.3 is 11.1 Å². The lowest BCUT2D eigenvalue weighted by atomic mass is 10.2. The molecule has 0 saturated carbocycles. The molecule has 1 rings (SSSR count). The fourth-order valence-corrected chi connectivity index (χ4v) is 2.37. The van der Waals surface area contributed by atoms with Crippen LogP contribution in [0.15, 0.2) is 17.5 Å². The van der Waals surface area contributed by atoms with Gasteiger partial charge in [-0.15, -0.1) is 11.3 Å². The molecule has 1 aromatic heterocycles. The molecule has 0 bridgehead atoms. The number of thiophene rings is 1. The second-order valence-corrected chi connectivity index (χ2v) is 4.41. The van der Waals surface area contributed by atoms with Crippen LogP contribution in [0.5, 0.6) is 0 Å². The molecular formula is C11H20N2S. The van der Waals surface area contributed by atoms with Crippen molar-refractivity contribution in [2.24, 2.45) is 5.73 Å². The standard InChI is InChI=1S/C11H20N2S/c1-2-10(11-6-5-9-14-11)13-8-4-3-7-12/h5-6,9-10,13H,2-4,7-8,12H2,1H3. The van der Waals surface area contributed by atoms with Crippen LogP contribution in [-0.2, 0) is 0 Å². The summed E-state index contributed by atoms with van der Waals surface area (Å²) >= 11 is 1.83. The molecule has 0 aliphatic heterocycles. The highest BCUT2D eigenvalue weighted by Crippen LogP contribution is 2.21. The summed E-state index contributed by atoms with van der Waals surface area (Å²) in [4.78, 5) is 1.44. The molecule has 0 saturated heterocycles. The van der Waals surface area contributed by atoms with Gasteiger partial charge in [-0.1, -0.05) is 13.0 Å². The molecule has 2 nitrogen and oxygen atoms in total. The monoisotopic (exact) mass is 212 g/mol. The Morgan fingerprint density at radius 2 is 2.36 bits per heavy atom. The molecule has 1 unspecified atom stereocenters. The van der Waals surface area contributed by atoms with E-state index in [-0.39, 0.29) is 0 Å². The minimum atomic E-state index is 0.535. The predicted molar refractivity (Wildman–Crippen MR) is 63.6 cm³/mol. The summed E-state index contributed by atoms with van der Waals surface area (Å²) in [7, 11) is 0. The maximum absolute atomic E-state index is 5.45. The lowest BCUT2D eigenvalue weighted by Crippen LogP contribution is -2.21. The molecule has 80 valence electrons. The summed E-state index contributed by atoms with van der Waals surface area (Å²) in [5, 5.41) is 5.70. The van der Waals surface area contributed by atoms with Crippen LogP contribution in [0.2, 0.25) is 0 Å². The van der Waals surface area contributed by atoms with Gasteiger partial charge in [0.15, 0.2) is 0 Å². The van der Waals surface area contributed by atoms with Crippen LogP contribution in [0.1, 0.15) is 37.1 Å². The van der Waals surface area contributed by atoms with Gasteiger partial charge in [0.05, 0.1) is 0 Å². The molecule has 1 atom stereocenters. The van der Waals surface area contributed by atoms with Gasteiger partial charge in [0.1, 0.15) is 0 Å². The van der Waals surface area contributed by atoms with Gasteiger partial charge in [-0.3, -0.25) is 0 Å². The zero-order valence-corrected chi connectivity index (χ0v) is 9.65. The summed E-state index contributed by atoms with van der Waals surface area (Å²) in [6, 6.07) is 4.85. The van der Waals surface area contributed by atoms with Crippen molar-refractivity contribution in [3.63, 3.8) is 0 Å². The number of nitrogens with one attached hydrogen (secondary N) is 1. The summed E-state index contributed by atoms with van der Waals surface area (Å²) < 4.78 is 0. The van der Waals surface area contributed by atoms with Gasteiger partial charge >= 0.3 is 0 Å². The van der Waals surface area contributed by atoms with Crippen molar-refractivity contribution in [1.29, 1.82) is 0 Å². The first kappa shape index (κ1) is 11.7. The Bertz CT molecular complexity index is 221. The van der Waals surface area contributed by atoms with Crippen molar-refractivity contribution in [2.75, 3.05) is 13.1 Å². The van der Waals surface area contributed by atoms with E-state index >= 15 is 0 Å². The zero-order valence-electron chi connectivity index (χ0n) is 8.83. The third-order valence-electron chi connectivity index (χ3n) is 2.32.